The summed E-state index contributed by atoms with van der Waals surface area (Å²) in [5.74, 6) is -0.273. The molecule has 0 saturated heterocycles. The van der Waals surface area contributed by atoms with Gasteiger partial charge >= 0.3 is 17.9 Å². The Balaban J connectivity index is 0.000000151. The minimum absolute atomic E-state index is 0.0478. The summed E-state index contributed by atoms with van der Waals surface area (Å²) >= 11 is 23.7. The smallest absolute Gasteiger partial charge is 0.343 e. The summed E-state index contributed by atoms with van der Waals surface area (Å²) in [4.78, 5) is 75.5. The summed E-state index contributed by atoms with van der Waals surface area (Å²) in [5, 5.41) is 25.6. The zero-order valence-electron chi connectivity index (χ0n) is 49.6. The molecule has 92 heavy (non-hydrogen) atoms. The molecule has 3 atom stereocenters. The van der Waals surface area contributed by atoms with Crippen LogP contribution in [-0.4, -0.2) is 109 Å². The zero-order valence-corrected chi connectivity index (χ0v) is 54.3. The Kier molecular flexibility index (Phi) is 21.9. The van der Waals surface area contributed by atoms with Gasteiger partial charge in [0, 0.05) is 132 Å². The van der Waals surface area contributed by atoms with Crippen LogP contribution in [0, 0.1) is 0 Å². The summed E-state index contributed by atoms with van der Waals surface area (Å²) in [6, 6.07) is 25.6. The molecular formula is C65H58Cl3N3O18S3. The summed E-state index contributed by atoms with van der Waals surface area (Å²) < 4.78 is 61.3. The number of nitrogens with zero attached hydrogens (tertiary/aromatic N) is 3. The third-order valence-corrected chi connectivity index (χ3v) is 17.8. The highest BCUT2D eigenvalue weighted by atomic mass is 35.5. The second-order valence-corrected chi connectivity index (χ2v) is 24.4. The Bertz CT molecular complexity index is 4140. The number of carboxylic acid groups (broad SMARTS) is 2. The monoisotopic (exact) mass is 1370 g/mol. The van der Waals surface area contributed by atoms with Gasteiger partial charge in [0.15, 0.2) is 16.3 Å². The van der Waals surface area contributed by atoms with Gasteiger partial charge < -0.3 is 71.3 Å². The van der Waals surface area contributed by atoms with E-state index in [1.165, 1.54) is 70.8 Å². The maximum atomic E-state index is 12.7. The molecule has 0 amide bonds. The van der Waals surface area contributed by atoms with Crippen LogP contribution in [0.4, 0.5) is 0 Å². The van der Waals surface area contributed by atoms with Crippen LogP contribution in [0.5, 0.6) is 34.5 Å². The minimum Gasteiger partial charge on any atom is -0.492 e. The zero-order chi connectivity index (χ0) is 65.2. The van der Waals surface area contributed by atoms with Crippen molar-refractivity contribution in [1.29, 1.82) is 0 Å². The van der Waals surface area contributed by atoms with Crippen molar-refractivity contribution in [2.45, 2.75) is 44.9 Å². The number of esters is 1. The number of carbonyl (C=O) groups is 3. The van der Waals surface area contributed by atoms with Gasteiger partial charge in [-0.1, -0.05) is 53.0 Å². The molecule has 0 aliphatic carbocycles. The fraction of sp³-hybridized carbons (Fsp3) is 0.262. The molecule has 0 spiro atoms. The fourth-order valence-corrected chi connectivity index (χ4v) is 12.9. The number of carboxylic acids is 2. The first-order valence-electron chi connectivity index (χ1n) is 28.4. The van der Waals surface area contributed by atoms with Gasteiger partial charge in [-0.25, -0.2) is 14.4 Å². The first kappa shape index (κ1) is 66.5. The molecule has 0 fully saturated rings. The van der Waals surface area contributed by atoms with Crippen molar-refractivity contribution in [3.8, 4) is 68.3 Å². The highest BCUT2D eigenvalue weighted by molar-refractivity contribution is 7.10. The first-order chi connectivity index (χ1) is 44.5. The number of fused-ring (bicyclic) bond motifs is 9. The van der Waals surface area contributed by atoms with Gasteiger partial charge in [0.2, 0.25) is 18.7 Å². The molecule has 0 radical (unpaired) electrons. The van der Waals surface area contributed by atoms with Gasteiger partial charge in [-0.15, -0.1) is 34.0 Å². The molecule has 3 aliphatic rings. The van der Waals surface area contributed by atoms with E-state index >= 15 is 0 Å². The molecule has 12 rings (SSSR count). The number of rotatable bonds is 22. The molecule has 21 nitrogen and oxygen atoms in total. The topological polar surface area (TPSA) is 250 Å². The Hall–Kier alpha value is -8.43. The van der Waals surface area contributed by atoms with Crippen LogP contribution < -0.4 is 44.7 Å². The quantitative estimate of drug-likeness (QED) is 0.0472. The first-order valence-corrected chi connectivity index (χ1v) is 32.2. The summed E-state index contributed by atoms with van der Waals surface area (Å²) in [6.45, 7) is 4.90. The number of pyridine rings is 3. The maximum absolute atomic E-state index is 12.7. The molecule has 1 unspecified atom stereocenters. The van der Waals surface area contributed by atoms with E-state index < -0.39 is 52.9 Å². The van der Waals surface area contributed by atoms with Crippen LogP contribution in [0.15, 0.2) is 140 Å². The Morgan fingerprint density at radius 1 is 0.478 bits per heavy atom. The van der Waals surface area contributed by atoms with Crippen LogP contribution in [0.25, 0.3) is 33.8 Å². The lowest BCUT2D eigenvalue weighted by molar-refractivity contribution is 0.0521. The van der Waals surface area contributed by atoms with Crippen LogP contribution in [0.3, 0.4) is 0 Å². The van der Waals surface area contributed by atoms with Crippen molar-refractivity contribution in [2.75, 3.05) is 67.6 Å². The second-order valence-electron chi connectivity index (χ2n) is 20.2. The average Bonchev–Trinajstić information content (AvgIpc) is 0.986. The fourth-order valence-electron chi connectivity index (χ4n) is 9.96. The highest BCUT2D eigenvalue weighted by Gasteiger charge is 2.34. The van der Waals surface area contributed by atoms with Gasteiger partial charge in [0.1, 0.15) is 51.2 Å². The number of methoxy groups -OCH3 is 3. The third kappa shape index (κ3) is 14.7. The summed E-state index contributed by atoms with van der Waals surface area (Å²) in [6.07, 6.45) is 4.46. The molecular weight excluding hydrogens is 1310 g/mol. The van der Waals surface area contributed by atoms with Gasteiger partial charge in [-0.3, -0.25) is 14.4 Å². The number of aromatic carboxylic acids is 2. The Morgan fingerprint density at radius 2 is 0.793 bits per heavy atom. The van der Waals surface area contributed by atoms with E-state index in [9.17, 15) is 39.0 Å². The molecule has 9 heterocycles. The van der Waals surface area contributed by atoms with Crippen molar-refractivity contribution in [2.24, 2.45) is 0 Å². The van der Waals surface area contributed by atoms with E-state index in [2.05, 4.69) is 0 Å². The van der Waals surface area contributed by atoms with E-state index in [1.807, 2.05) is 52.5 Å². The second kappa shape index (κ2) is 30.3. The Morgan fingerprint density at radius 3 is 1.08 bits per heavy atom. The van der Waals surface area contributed by atoms with E-state index in [-0.39, 0.29) is 23.3 Å². The lowest BCUT2D eigenvalue weighted by atomic mass is 10.1. The maximum Gasteiger partial charge on any atom is 0.343 e. The molecule has 27 heteroatoms. The predicted molar refractivity (Wildman–Crippen MR) is 349 cm³/mol. The molecule has 2 N–H and O–H groups in total. The molecule has 0 saturated carbocycles. The van der Waals surface area contributed by atoms with Crippen LogP contribution in [0.2, 0.25) is 15.1 Å². The number of ether oxygens (including phenoxy) is 10. The normalized spacial score (nSPS) is 14.4. The lowest BCUT2D eigenvalue weighted by Crippen LogP contribution is -2.27. The molecule has 0 bridgehead atoms. The highest BCUT2D eigenvalue weighted by Crippen LogP contribution is 2.49. The largest absolute Gasteiger partial charge is 0.492 e. The molecule has 480 valence electrons. The van der Waals surface area contributed by atoms with Gasteiger partial charge in [-0.2, -0.15) is 0 Å². The standard InChI is InChI=1S/C23H22ClNO6S.2C21H18ClNO6S/c1-3-29-23(27)15-13-25-17(11-18(15)26)14-10-16(24)20(30-8-5-7-28-2)12-19(14)31-22(25)21-6-4-9-32-21;2*1-27-5-3-6-28-18-10-17-12(8-14(18)22)15-9-16(24)13(21(25)26)11-23(15)20(29-17)19-4-2-7-30-19/h4,6,9-13,22H,3,5,7-8H2,1-2H3;2*2,4,7-11,20H,3,5-6H2,1H3,(H,25,26)/t;2*20-/m.10/s1. The van der Waals surface area contributed by atoms with Crippen molar-refractivity contribution in [1.82, 2.24) is 13.7 Å². The summed E-state index contributed by atoms with van der Waals surface area (Å²) in [5.41, 5.74) is 1.18. The van der Waals surface area contributed by atoms with Crippen molar-refractivity contribution in [3.05, 3.63) is 203 Å². The SMILES string of the molecule is CCOC(=O)c1cn2c(cc1=O)-c1cc(Cl)c(OCCCOC)cc1OC2c1cccs1.COCCCOc1cc2c(cc1Cl)-c1cc(=O)c(C(=O)O)cn1[C@@H](c1cccs1)O2.COCCCOc1cc2c(cc1Cl)-c1cc(=O)c(C(=O)O)cn1[C@H](c1cccs1)O2. The number of hydrogen-bond acceptors (Lipinski definition) is 19. The van der Waals surface area contributed by atoms with Gasteiger partial charge in [0.25, 0.3) is 0 Å². The number of benzene rings is 3. The van der Waals surface area contributed by atoms with Crippen molar-refractivity contribution >= 4 is 86.7 Å². The molecule has 3 aromatic carbocycles. The third-order valence-electron chi connectivity index (χ3n) is 14.2. The summed E-state index contributed by atoms with van der Waals surface area (Å²) in [7, 11) is 4.89. The number of halogens is 3. The van der Waals surface area contributed by atoms with Crippen molar-refractivity contribution < 1.29 is 72.0 Å². The minimum atomic E-state index is -1.29. The lowest BCUT2D eigenvalue weighted by Gasteiger charge is -2.31. The Labute approximate surface area is 552 Å². The van der Waals surface area contributed by atoms with E-state index in [0.717, 1.165) is 21.1 Å². The van der Waals surface area contributed by atoms with E-state index in [0.29, 0.717) is 136 Å². The van der Waals surface area contributed by atoms with Gasteiger partial charge in [0.05, 0.1) is 73.2 Å². The van der Waals surface area contributed by atoms with Crippen LogP contribution in [0.1, 0.15) is 90.6 Å². The molecule has 3 aliphatic heterocycles. The average molecular weight is 1370 g/mol. The van der Waals surface area contributed by atoms with E-state index in [4.69, 9.17) is 82.2 Å². The molecule has 9 aromatic rings. The van der Waals surface area contributed by atoms with E-state index in [1.54, 1.807) is 78.4 Å². The number of aromatic nitrogens is 3. The molecule has 6 aromatic heterocycles. The van der Waals surface area contributed by atoms with Crippen molar-refractivity contribution in [3.63, 3.8) is 0 Å². The number of carbonyl (C=O) groups excluding carboxylic acids is 1. The van der Waals surface area contributed by atoms with Gasteiger partial charge in [-0.05, 0) is 59.5 Å². The van der Waals surface area contributed by atoms with Crippen LogP contribution >= 0.6 is 68.8 Å². The van der Waals surface area contributed by atoms with Crippen LogP contribution in [-0.2, 0) is 18.9 Å². The number of thiophene rings is 3. The number of hydrogen-bond donors (Lipinski definition) is 2. The predicted octanol–water partition coefficient (Wildman–Crippen LogP) is 13.3.